The number of nitrogens with one attached hydrogen (secondary N) is 1. The summed E-state index contributed by atoms with van der Waals surface area (Å²) in [5.41, 5.74) is 1.76. The van der Waals surface area contributed by atoms with E-state index < -0.39 is 17.8 Å². The molecule has 31 heavy (non-hydrogen) atoms. The van der Waals surface area contributed by atoms with Crippen LogP contribution in [0, 0.1) is 3.57 Å². The van der Waals surface area contributed by atoms with Crippen molar-refractivity contribution in [2.24, 2.45) is 0 Å². The van der Waals surface area contributed by atoms with Gasteiger partial charge in [-0.05, 0) is 64.8 Å². The number of nitrogens with zero attached hydrogens (tertiary/aromatic N) is 1. The molecule has 1 N–H and O–H groups in total. The van der Waals surface area contributed by atoms with Gasteiger partial charge in [0.25, 0.3) is 11.8 Å². The molecule has 7 heteroatoms. The highest BCUT2D eigenvalue weighted by molar-refractivity contribution is 14.1. The first-order valence-corrected chi connectivity index (χ1v) is 11.5. The van der Waals surface area contributed by atoms with Gasteiger partial charge < -0.3 is 4.74 Å². The minimum atomic E-state index is -0.651. The summed E-state index contributed by atoms with van der Waals surface area (Å²) in [7, 11) is 0. The first-order valence-electron chi connectivity index (χ1n) is 10.4. The van der Waals surface area contributed by atoms with E-state index >= 15 is 0 Å². The summed E-state index contributed by atoms with van der Waals surface area (Å²) >= 11 is 2.17. The second-order valence-corrected chi connectivity index (χ2v) is 8.91. The Morgan fingerprint density at radius 2 is 1.77 bits per heavy atom. The summed E-state index contributed by atoms with van der Waals surface area (Å²) in [6.45, 7) is 0.455. The Bertz CT molecular complexity index is 1030. The van der Waals surface area contributed by atoms with Crippen molar-refractivity contribution in [3.8, 4) is 5.75 Å². The third kappa shape index (κ3) is 4.98. The number of benzene rings is 2. The average Bonchev–Trinajstić information content (AvgIpc) is 2.77. The Labute approximate surface area is 194 Å². The van der Waals surface area contributed by atoms with Crippen molar-refractivity contribution < 1.29 is 19.1 Å². The quantitative estimate of drug-likeness (QED) is 0.347. The smallest absolute Gasteiger partial charge is 0.331 e. The van der Waals surface area contributed by atoms with Gasteiger partial charge in [-0.2, -0.15) is 0 Å². The maximum atomic E-state index is 13.0. The topological polar surface area (TPSA) is 75.7 Å². The SMILES string of the molecule is O=C1NC(=O)N(C2CCCCC2)C(=O)C1=Cc1ccc(OCc2ccccc2)c(I)c1. The molecule has 4 rings (SSSR count). The summed E-state index contributed by atoms with van der Waals surface area (Å²) < 4.78 is 6.76. The molecule has 1 saturated heterocycles. The summed E-state index contributed by atoms with van der Waals surface area (Å²) in [5, 5.41) is 2.32. The van der Waals surface area contributed by atoms with E-state index in [1.807, 2.05) is 42.5 Å². The molecule has 160 valence electrons. The lowest BCUT2D eigenvalue weighted by molar-refractivity contribution is -0.132. The average molecular weight is 530 g/mol. The Morgan fingerprint density at radius 1 is 1.03 bits per heavy atom. The molecule has 6 nitrogen and oxygen atoms in total. The molecule has 1 aliphatic carbocycles. The van der Waals surface area contributed by atoms with Crippen molar-refractivity contribution in [1.82, 2.24) is 10.2 Å². The van der Waals surface area contributed by atoms with Crippen LogP contribution in [0.1, 0.15) is 43.2 Å². The molecule has 0 radical (unpaired) electrons. The molecular formula is C24H23IN2O4. The van der Waals surface area contributed by atoms with Gasteiger partial charge in [0.05, 0.1) is 3.57 Å². The second-order valence-electron chi connectivity index (χ2n) is 7.75. The van der Waals surface area contributed by atoms with Crippen LogP contribution in [0.3, 0.4) is 0 Å². The van der Waals surface area contributed by atoms with Crippen LogP contribution in [0.2, 0.25) is 0 Å². The molecule has 0 atom stereocenters. The van der Waals surface area contributed by atoms with E-state index in [2.05, 4.69) is 27.9 Å². The summed E-state index contributed by atoms with van der Waals surface area (Å²) in [6.07, 6.45) is 6.19. The highest BCUT2D eigenvalue weighted by Gasteiger charge is 2.40. The van der Waals surface area contributed by atoms with Crippen LogP contribution < -0.4 is 10.1 Å². The number of hydrogen-bond donors (Lipinski definition) is 1. The maximum absolute atomic E-state index is 13.0. The van der Waals surface area contributed by atoms with Crippen molar-refractivity contribution in [1.29, 1.82) is 0 Å². The van der Waals surface area contributed by atoms with Crippen LogP contribution >= 0.6 is 22.6 Å². The molecule has 1 saturated carbocycles. The number of amides is 4. The minimum absolute atomic E-state index is 0.0149. The molecule has 2 aromatic rings. The van der Waals surface area contributed by atoms with Crippen LogP contribution in [0.5, 0.6) is 5.75 Å². The van der Waals surface area contributed by atoms with Gasteiger partial charge in [-0.15, -0.1) is 0 Å². The first-order chi connectivity index (χ1) is 15.0. The van der Waals surface area contributed by atoms with Crippen molar-refractivity contribution in [3.63, 3.8) is 0 Å². The van der Waals surface area contributed by atoms with Crippen LogP contribution in [-0.2, 0) is 16.2 Å². The lowest BCUT2D eigenvalue weighted by Gasteiger charge is -2.35. The molecule has 1 heterocycles. The fraction of sp³-hybridized carbons (Fsp3) is 0.292. The number of carbonyl (C=O) groups excluding carboxylic acids is 3. The van der Waals surface area contributed by atoms with Gasteiger partial charge in [0.15, 0.2) is 0 Å². The molecule has 4 amide bonds. The van der Waals surface area contributed by atoms with E-state index in [9.17, 15) is 14.4 Å². The fourth-order valence-electron chi connectivity index (χ4n) is 3.97. The van der Waals surface area contributed by atoms with Gasteiger partial charge in [-0.25, -0.2) is 4.79 Å². The van der Waals surface area contributed by atoms with E-state index in [0.29, 0.717) is 12.2 Å². The normalized spacial score (nSPS) is 18.9. The Hall–Kier alpha value is -2.68. The number of imide groups is 2. The Morgan fingerprint density at radius 3 is 2.48 bits per heavy atom. The summed E-state index contributed by atoms with van der Waals surface area (Å²) in [6, 6.07) is 14.6. The minimum Gasteiger partial charge on any atom is -0.488 e. The highest BCUT2D eigenvalue weighted by Crippen LogP contribution is 2.28. The van der Waals surface area contributed by atoms with Crippen molar-refractivity contribution in [3.05, 3.63) is 68.8 Å². The standard InChI is InChI=1S/C24H23IN2O4/c25-20-14-17(11-12-21(20)31-15-16-7-3-1-4-8-16)13-19-22(28)26-24(30)27(23(19)29)18-9-5-2-6-10-18/h1,3-4,7-8,11-14,18H,2,5-6,9-10,15H2,(H,26,28,30). The van der Waals surface area contributed by atoms with Crippen LogP contribution in [0.4, 0.5) is 4.79 Å². The molecule has 2 aliphatic rings. The first kappa shape index (κ1) is 21.5. The lowest BCUT2D eigenvalue weighted by atomic mass is 9.93. The van der Waals surface area contributed by atoms with Crippen molar-refractivity contribution in [2.45, 2.75) is 44.8 Å². The number of rotatable bonds is 5. The van der Waals surface area contributed by atoms with E-state index in [1.165, 1.54) is 4.90 Å². The number of ether oxygens (including phenoxy) is 1. The molecular weight excluding hydrogens is 507 g/mol. The predicted octanol–water partition coefficient (Wildman–Crippen LogP) is 4.66. The Kier molecular flexibility index (Phi) is 6.70. The zero-order valence-electron chi connectivity index (χ0n) is 17.0. The van der Waals surface area contributed by atoms with E-state index in [-0.39, 0.29) is 11.6 Å². The molecule has 0 bridgehead atoms. The fourth-order valence-corrected chi connectivity index (χ4v) is 4.66. The number of halogens is 1. The monoisotopic (exact) mass is 530 g/mol. The molecule has 2 fully saturated rings. The second kappa shape index (κ2) is 9.64. The van der Waals surface area contributed by atoms with Gasteiger partial charge in [-0.1, -0.05) is 55.7 Å². The highest BCUT2D eigenvalue weighted by atomic mass is 127. The lowest BCUT2D eigenvalue weighted by Crippen LogP contribution is -2.58. The van der Waals surface area contributed by atoms with E-state index in [4.69, 9.17) is 4.74 Å². The van der Waals surface area contributed by atoms with Crippen molar-refractivity contribution in [2.75, 3.05) is 0 Å². The predicted molar refractivity (Wildman–Crippen MR) is 125 cm³/mol. The number of barbiturate groups is 1. The van der Waals surface area contributed by atoms with Crippen molar-refractivity contribution >= 4 is 46.5 Å². The van der Waals surface area contributed by atoms with Gasteiger partial charge in [0.2, 0.25) is 0 Å². The third-order valence-corrected chi connectivity index (χ3v) is 6.42. The zero-order chi connectivity index (χ0) is 21.8. The van der Waals surface area contributed by atoms with Gasteiger partial charge in [-0.3, -0.25) is 19.8 Å². The molecule has 0 unspecified atom stereocenters. The third-order valence-electron chi connectivity index (χ3n) is 5.58. The summed E-state index contributed by atoms with van der Waals surface area (Å²) in [4.78, 5) is 39.0. The molecule has 0 aromatic heterocycles. The zero-order valence-corrected chi connectivity index (χ0v) is 19.1. The number of carbonyl (C=O) groups is 3. The molecule has 1 aliphatic heterocycles. The molecule has 2 aromatic carbocycles. The van der Waals surface area contributed by atoms with Crippen LogP contribution in [0.25, 0.3) is 6.08 Å². The van der Waals surface area contributed by atoms with Crippen LogP contribution in [0.15, 0.2) is 54.1 Å². The van der Waals surface area contributed by atoms with E-state index in [1.54, 1.807) is 12.1 Å². The number of hydrogen-bond acceptors (Lipinski definition) is 4. The Balaban J connectivity index is 1.52. The van der Waals surface area contributed by atoms with Gasteiger partial charge >= 0.3 is 6.03 Å². The maximum Gasteiger partial charge on any atom is 0.331 e. The number of urea groups is 1. The summed E-state index contributed by atoms with van der Waals surface area (Å²) in [5.74, 6) is -0.438. The molecule has 0 spiro atoms. The van der Waals surface area contributed by atoms with Gasteiger partial charge in [0, 0.05) is 6.04 Å². The van der Waals surface area contributed by atoms with Crippen LogP contribution in [-0.4, -0.2) is 28.8 Å². The largest absolute Gasteiger partial charge is 0.488 e. The van der Waals surface area contributed by atoms with Gasteiger partial charge in [0.1, 0.15) is 17.9 Å². The van der Waals surface area contributed by atoms with E-state index in [0.717, 1.165) is 47.0 Å².